The molecule has 1 heterocycles. The Hall–Kier alpha value is -2.29. The second-order valence-corrected chi connectivity index (χ2v) is 4.78. The summed E-state index contributed by atoms with van der Waals surface area (Å²) in [5.41, 5.74) is 2.79. The fourth-order valence-electron chi connectivity index (χ4n) is 2.40. The van der Waals surface area contributed by atoms with Gasteiger partial charge in [-0.1, -0.05) is 30.3 Å². The normalized spacial score (nSPS) is 12.7. The average Bonchev–Trinajstić information content (AvgIpc) is 2.75. The van der Waals surface area contributed by atoms with Crippen molar-refractivity contribution in [3.63, 3.8) is 0 Å². The van der Waals surface area contributed by atoms with E-state index in [9.17, 15) is 4.79 Å². The number of furan rings is 1. The number of para-hydroxylation sites is 1. The van der Waals surface area contributed by atoms with Gasteiger partial charge in [-0.25, -0.2) is 0 Å². The van der Waals surface area contributed by atoms with Crippen LogP contribution >= 0.6 is 0 Å². The van der Waals surface area contributed by atoms with Crippen molar-refractivity contribution < 1.29 is 9.21 Å². The third-order valence-corrected chi connectivity index (χ3v) is 3.32. The van der Waals surface area contributed by atoms with E-state index >= 15 is 0 Å². The standard InChI is InChI=1S/C16H15NO2/c1-10(17-11(2)18)12-7-8-14-13-5-3-4-6-15(13)19-16(14)9-12/h3-10H,1-2H3,(H,17,18). The smallest absolute Gasteiger partial charge is 0.217 e. The Morgan fingerprint density at radius 2 is 1.84 bits per heavy atom. The SMILES string of the molecule is CC(=O)NC(C)c1ccc2c(c1)oc1ccccc12. The second kappa shape index (κ2) is 4.43. The number of hydrogen-bond donors (Lipinski definition) is 1. The molecule has 0 saturated heterocycles. The third kappa shape index (κ3) is 2.08. The minimum Gasteiger partial charge on any atom is -0.456 e. The molecule has 0 saturated carbocycles. The van der Waals surface area contributed by atoms with Gasteiger partial charge in [0.15, 0.2) is 0 Å². The maximum Gasteiger partial charge on any atom is 0.217 e. The molecule has 19 heavy (non-hydrogen) atoms. The number of nitrogens with one attached hydrogen (secondary N) is 1. The van der Waals surface area contributed by atoms with Gasteiger partial charge in [-0.2, -0.15) is 0 Å². The lowest BCUT2D eigenvalue weighted by molar-refractivity contribution is -0.119. The topological polar surface area (TPSA) is 42.2 Å². The molecule has 3 heteroatoms. The van der Waals surface area contributed by atoms with Crippen LogP contribution in [-0.4, -0.2) is 5.91 Å². The van der Waals surface area contributed by atoms with Gasteiger partial charge in [-0.05, 0) is 24.6 Å². The van der Waals surface area contributed by atoms with Crippen LogP contribution in [0, 0.1) is 0 Å². The lowest BCUT2D eigenvalue weighted by Crippen LogP contribution is -2.23. The monoisotopic (exact) mass is 253 g/mol. The zero-order valence-corrected chi connectivity index (χ0v) is 10.9. The Morgan fingerprint density at radius 1 is 1.11 bits per heavy atom. The fourth-order valence-corrected chi connectivity index (χ4v) is 2.40. The van der Waals surface area contributed by atoms with Crippen molar-refractivity contribution in [3.05, 3.63) is 48.0 Å². The van der Waals surface area contributed by atoms with Crippen molar-refractivity contribution in [2.45, 2.75) is 19.9 Å². The maximum absolute atomic E-state index is 11.1. The van der Waals surface area contributed by atoms with Gasteiger partial charge < -0.3 is 9.73 Å². The van der Waals surface area contributed by atoms with Crippen molar-refractivity contribution in [2.24, 2.45) is 0 Å². The average molecular weight is 253 g/mol. The minimum absolute atomic E-state index is 0.0184. The molecule has 0 aliphatic heterocycles. The van der Waals surface area contributed by atoms with Crippen LogP contribution in [0.25, 0.3) is 21.9 Å². The Labute approximate surface area is 111 Å². The van der Waals surface area contributed by atoms with E-state index in [0.717, 1.165) is 27.5 Å². The largest absolute Gasteiger partial charge is 0.456 e. The van der Waals surface area contributed by atoms with Gasteiger partial charge in [0.2, 0.25) is 5.91 Å². The van der Waals surface area contributed by atoms with Crippen LogP contribution in [0.2, 0.25) is 0 Å². The second-order valence-electron chi connectivity index (χ2n) is 4.78. The number of benzene rings is 2. The highest BCUT2D eigenvalue weighted by Gasteiger charge is 2.11. The Morgan fingerprint density at radius 3 is 2.63 bits per heavy atom. The molecule has 0 spiro atoms. The van der Waals surface area contributed by atoms with Crippen LogP contribution < -0.4 is 5.32 Å². The summed E-state index contributed by atoms with van der Waals surface area (Å²) in [6.07, 6.45) is 0. The molecule has 1 atom stereocenters. The van der Waals surface area contributed by atoms with Crippen molar-refractivity contribution in [1.29, 1.82) is 0 Å². The van der Waals surface area contributed by atoms with Crippen LogP contribution in [0.3, 0.4) is 0 Å². The summed E-state index contributed by atoms with van der Waals surface area (Å²) in [6, 6.07) is 14.0. The van der Waals surface area contributed by atoms with Gasteiger partial charge in [0, 0.05) is 17.7 Å². The first-order chi connectivity index (χ1) is 9.15. The van der Waals surface area contributed by atoms with Gasteiger partial charge >= 0.3 is 0 Å². The molecule has 2 aromatic carbocycles. The van der Waals surface area contributed by atoms with Crippen molar-refractivity contribution in [2.75, 3.05) is 0 Å². The highest BCUT2D eigenvalue weighted by atomic mass is 16.3. The molecule has 3 rings (SSSR count). The number of rotatable bonds is 2. The van der Waals surface area contributed by atoms with E-state index in [4.69, 9.17) is 4.42 Å². The summed E-state index contributed by atoms with van der Waals surface area (Å²) in [5.74, 6) is -0.0304. The predicted octanol–water partition coefficient (Wildman–Crippen LogP) is 3.78. The number of fused-ring (bicyclic) bond motifs is 3. The predicted molar refractivity (Wildman–Crippen MR) is 76.0 cm³/mol. The molecule has 0 bridgehead atoms. The lowest BCUT2D eigenvalue weighted by Gasteiger charge is -2.12. The van der Waals surface area contributed by atoms with Crippen LogP contribution in [-0.2, 0) is 4.79 Å². The van der Waals surface area contributed by atoms with Gasteiger partial charge in [-0.3, -0.25) is 4.79 Å². The summed E-state index contributed by atoms with van der Waals surface area (Å²) in [5, 5.41) is 5.10. The van der Waals surface area contributed by atoms with Gasteiger partial charge in [0.1, 0.15) is 11.2 Å². The molecule has 0 aliphatic rings. The van der Waals surface area contributed by atoms with Gasteiger partial charge in [0.05, 0.1) is 6.04 Å². The molecule has 1 aromatic heterocycles. The minimum atomic E-state index is -0.0304. The zero-order valence-electron chi connectivity index (χ0n) is 10.9. The summed E-state index contributed by atoms with van der Waals surface area (Å²) in [6.45, 7) is 3.49. The van der Waals surface area contributed by atoms with Crippen molar-refractivity contribution >= 4 is 27.8 Å². The maximum atomic E-state index is 11.1. The molecule has 3 nitrogen and oxygen atoms in total. The zero-order chi connectivity index (χ0) is 13.4. The summed E-state index contributed by atoms with van der Waals surface area (Å²) < 4.78 is 5.84. The lowest BCUT2D eigenvalue weighted by atomic mass is 10.1. The van der Waals surface area contributed by atoms with E-state index in [1.54, 1.807) is 0 Å². The molecule has 0 radical (unpaired) electrons. The molecule has 1 N–H and O–H groups in total. The number of carbonyl (C=O) groups is 1. The number of amides is 1. The van der Waals surface area contributed by atoms with E-state index in [0.29, 0.717) is 0 Å². The molecule has 0 fully saturated rings. The highest BCUT2D eigenvalue weighted by molar-refractivity contribution is 6.04. The van der Waals surface area contributed by atoms with Crippen LogP contribution in [0.15, 0.2) is 46.9 Å². The molecular weight excluding hydrogens is 238 g/mol. The van der Waals surface area contributed by atoms with E-state index < -0.39 is 0 Å². The van der Waals surface area contributed by atoms with Gasteiger partial charge in [0.25, 0.3) is 0 Å². The van der Waals surface area contributed by atoms with Crippen LogP contribution in [0.1, 0.15) is 25.5 Å². The first-order valence-corrected chi connectivity index (χ1v) is 6.33. The van der Waals surface area contributed by atoms with E-state index in [1.807, 2.05) is 37.3 Å². The fraction of sp³-hybridized carbons (Fsp3) is 0.188. The first kappa shape index (κ1) is 11.8. The molecule has 0 aliphatic carbocycles. The molecular formula is C16H15NO2. The number of hydrogen-bond acceptors (Lipinski definition) is 2. The van der Waals surface area contributed by atoms with E-state index in [2.05, 4.69) is 17.4 Å². The molecule has 1 unspecified atom stereocenters. The highest BCUT2D eigenvalue weighted by Crippen LogP contribution is 2.30. The molecule has 1 amide bonds. The van der Waals surface area contributed by atoms with Gasteiger partial charge in [-0.15, -0.1) is 0 Å². The van der Waals surface area contributed by atoms with Crippen LogP contribution in [0.5, 0.6) is 0 Å². The third-order valence-electron chi connectivity index (χ3n) is 3.32. The van der Waals surface area contributed by atoms with Crippen LogP contribution in [0.4, 0.5) is 0 Å². The van der Waals surface area contributed by atoms with E-state index in [-0.39, 0.29) is 11.9 Å². The molecule has 96 valence electrons. The summed E-state index contributed by atoms with van der Waals surface area (Å²) >= 11 is 0. The quantitative estimate of drug-likeness (QED) is 0.755. The summed E-state index contributed by atoms with van der Waals surface area (Å²) in [4.78, 5) is 11.1. The first-order valence-electron chi connectivity index (χ1n) is 6.33. The Kier molecular flexibility index (Phi) is 2.75. The number of carbonyl (C=O) groups excluding carboxylic acids is 1. The Balaban J connectivity index is 2.10. The van der Waals surface area contributed by atoms with Crippen molar-refractivity contribution in [1.82, 2.24) is 5.32 Å². The summed E-state index contributed by atoms with van der Waals surface area (Å²) in [7, 11) is 0. The van der Waals surface area contributed by atoms with Crippen molar-refractivity contribution in [3.8, 4) is 0 Å². The Bertz CT molecular complexity index is 758. The molecule has 3 aromatic rings. The van der Waals surface area contributed by atoms with E-state index in [1.165, 1.54) is 6.92 Å².